The number of carbonyl (C=O) groups is 1. The molecule has 1 aliphatic heterocycles. The van der Waals surface area contributed by atoms with Gasteiger partial charge in [0.25, 0.3) is 5.79 Å². The fraction of sp³-hybridized carbons (Fsp3) is 0.857. The molecule has 4 nitrogen and oxygen atoms in total. The van der Waals surface area contributed by atoms with Gasteiger partial charge in [-0.15, -0.1) is 0 Å². The Morgan fingerprint density at radius 3 is 2.64 bits per heavy atom. The number of methoxy groups -OCH3 is 1. The van der Waals surface area contributed by atoms with E-state index in [1.807, 2.05) is 0 Å². The number of carboxylic acid groups (broad SMARTS) is 1. The van der Waals surface area contributed by atoms with Crippen LogP contribution >= 0.6 is 0 Å². The Morgan fingerprint density at radius 2 is 2.36 bits per heavy atom. The molecular formula is C7H12O4. The molecule has 0 amide bonds. The summed E-state index contributed by atoms with van der Waals surface area (Å²) in [6, 6.07) is 0. The summed E-state index contributed by atoms with van der Waals surface area (Å²) in [4.78, 5) is 10.7. The smallest absolute Gasteiger partial charge is 0.364 e. The van der Waals surface area contributed by atoms with Gasteiger partial charge in [0, 0.05) is 13.5 Å². The third kappa shape index (κ3) is 1.52. The van der Waals surface area contributed by atoms with Gasteiger partial charge in [-0.2, -0.15) is 0 Å². The summed E-state index contributed by atoms with van der Waals surface area (Å²) in [7, 11) is 1.36. The van der Waals surface area contributed by atoms with Crippen molar-refractivity contribution in [3.8, 4) is 0 Å². The maximum absolute atomic E-state index is 10.7. The van der Waals surface area contributed by atoms with Crippen molar-refractivity contribution in [3.05, 3.63) is 0 Å². The Morgan fingerprint density at radius 1 is 1.64 bits per heavy atom. The van der Waals surface area contributed by atoms with Crippen LogP contribution in [0.25, 0.3) is 0 Å². The van der Waals surface area contributed by atoms with Crippen molar-refractivity contribution in [2.24, 2.45) is 0 Å². The van der Waals surface area contributed by atoms with Gasteiger partial charge >= 0.3 is 5.97 Å². The van der Waals surface area contributed by atoms with Gasteiger partial charge in [0.1, 0.15) is 0 Å². The average Bonchev–Trinajstić information content (AvgIpc) is 2.05. The Bertz CT molecular complexity index is 149. The summed E-state index contributed by atoms with van der Waals surface area (Å²) in [6.07, 6.45) is 2.21. The first kappa shape index (κ1) is 8.49. The molecule has 0 aliphatic carbocycles. The van der Waals surface area contributed by atoms with E-state index in [0.717, 1.165) is 12.8 Å². The summed E-state index contributed by atoms with van der Waals surface area (Å²) in [6.45, 7) is 0.472. The fourth-order valence-corrected chi connectivity index (χ4v) is 1.19. The Hall–Kier alpha value is -0.610. The summed E-state index contributed by atoms with van der Waals surface area (Å²) in [5.74, 6) is -2.39. The first-order valence-electron chi connectivity index (χ1n) is 3.64. The molecule has 1 rings (SSSR count). The number of ether oxygens (including phenoxy) is 2. The summed E-state index contributed by atoms with van der Waals surface area (Å²) in [5, 5.41) is 8.74. The zero-order valence-electron chi connectivity index (χ0n) is 6.50. The van der Waals surface area contributed by atoms with Crippen molar-refractivity contribution in [2.45, 2.75) is 25.0 Å². The molecule has 4 heteroatoms. The van der Waals surface area contributed by atoms with Gasteiger partial charge in [-0.25, -0.2) is 4.79 Å². The molecule has 1 saturated heterocycles. The summed E-state index contributed by atoms with van der Waals surface area (Å²) < 4.78 is 9.87. The van der Waals surface area contributed by atoms with Gasteiger partial charge < -0.3 is 14.6 Å². The quantitative estimate of drug-likeness (QED) is 0.643. The highest BCUT2D eigenvalue weighted by Crippen LogP contribution is 2.25. The van der Waals surface area contributed by atoms with Crippen LogP contribution in [0.3, 0.4) is 0 Å². The van der Waals surface area contributed by atoms with Crippen molar-refractivity contribution in [1.29, 1.82) is 0 Å². The predicted molar refractivity (Wildman–Crippen MR) is 37.2 cm³/mol. The van der Waals surface area contributed by atoms with Crippen LogP contribution in [0.4, 0.5) is 0 Å². The minimum absolute atomic E-state index is 0.443. The molecule has 0 aromatic heterocycles. The molecule has 64 valence electrons. The Kier molecular flexibility index (Phi) is 2.46. The summed E-state index contributed by atoms with van der Waals surface area (Å²) in [5.41, 5.74) is 0. The third-order valence-electron chi connectivity index (χ3n) is 1.89. The topological polar surface area (TPSA) is 55.8 Å². The maximum atomic E-state index is 10.7. The molecule has 0 aromatic rings. The van der Waals surface area contributed by atoms with Crippen molar-refractivity contribution >= 4 is 5.97 Å². The number of aliphatic carboxylic acids is 1. The number of rotatable bonds is 2. The molecular weight excluding hydrogens is 148 g/mol. The fourth-order valence-electron chi connectivity index (χ4n) is 1.19. The second-order valence-electron chi connectivity index (χ2n) is 2.57. The number of carboxylic acids is 1. The van der Waals surface area contributed by atoms with E-state index < -0.39 is 11.8 Å². The van der Waals surface area contributed by atoms with Crippen LogP contribution in [0.2, 0.25) is 0 Å². The lowest BCUT2D eigenvalue weighted by molar-refractivity contribution is -0.247. The van der Waals surface area contributed by atoms with Crippen molar-refractivity contribution in [3.63, 3.8) is 0 Å². The Balaban J connectivity index is 2.64. The van der Waals surface area contributed by atoms with E-state index in [4.69, 9.17) is 14.6 Å². The van der Waals surface area contributed by atoms with Crippen LogP contribution in [0.5, 0.6) is 0 Å². The first-order valence-corrected chi connectivity index (χ1v) is 3.64. The normalized spacial score (nSPS) is 31.7. The van der Waals surface area contributed by atoms with E-state index in [0.29, 0.717) is 13.0 Å². The van der Waals surface area contributed by atoms with Crippen molar-refractivity contribution < 1.29 is 19.4 Å². The van der Waals surface area contributed by atoms with Crippen molar-refractivity contribution in [2.75, 3.05) is 13.7 Å². The highest BCUT2D eigenvalue weighted by Gasteiger charge is 2.41. The van der Waals surface area contributed by atoms with E-state index >= 15 is 0 Å². The van der Waals surface area contributed by atoms with E-state index in [1.54, 1.807) is 0 Å². The molecule has 0 saturated carbocycles. The minimum Gasteiger partial charge on any atom is -0.477 e. The molecule has 11 heavy (non-hydrogen) atoms. The molecule has 1 N–H and O–H groups in total. The van der Waals surface area contributed by atoms with Crippen LogP contribution in [0.15, 0.2) is 0 Å². The van der Waals surface area contributed by atoms with Gasteiger partial charge in [0.15, 0.2) is 0 Å². The van der Waals surface area contributed by atoms with Gasteiger partial charge in [-0.3, -0.25) is 0 Å². The Labute approximate surface area is 65.1 Å². The highest BCUT2D eigenvalue weighted by atomic mass is 16.7. The largest absolute Gasteiger partial charge is 0.477 e. The van der Waals surface area contributed by atoms with Crippen LogP contribution in [-0.2, 0) is 14.3 Å². The monoisotopic (exact) mass is 160 g/mol. The van der Waals surface area contributed by atoms with Crippen LogP contribution in [0.1, 0.15) is 19.3 Å². The number of hydrogen-bond donors (Lipinski definition) is 1. The maximum Gasteiger partial charge on any atom is 0.364 e. The van der Waals surface area contributed by atoms with Crippen LogP contribution in [-0.4, -0.2) is 30.6 Å². The standard InChI is InChI=1S/C7H12O4/c1-10-7(6(8)9)4-2-3-5-11-7/h2-5H2,1H3,(H,8,9). The SMILES string of the molecule is COC1(C(=O)O)CCCCO1. The zero-order chi connectivity index (χ0) is 8.32. The van der Waals surface area contributed by atoms with Crippen LogP contribution in [0, 0.1) is 0 Å². The van der Waals surface area contributed by atoms with E-state index in [1.165, 1.54) is 7.11 Å². The molecule has 0 bridgehead atoms. The van der Waals surface area contributed by atoms with E-state index in [-0.39, 0.29) is 0 Å². The van der Waals surface area contributed by atoms with Crippen LogP contribution < -0.4 is 0 Å². The van der Waals surface area contributed by atoms with Crippen molar-refractivity contribution in [1.82, 2.24) is 0 Å². The van der Waals surface area contributed by atoms with E-state index in [2.05, 4.69) is 0 Å². The van der Waals surface area contributed by atoms with Gasteiger partial charge in [0.2, 0.25) is 0 Å². The lowest BCUT2D eigenvalue weighted by Gasteiger charge is -2.31. The molecule has 1 atom stereocenters. The lowest BCUT2D eigenvalue weighted by atomic mass is 10.1. The first-order chi connectivity index (χ1) is 5.21. The lowest BCUT2D eigenvalue weighted by Crippen LogP contribution is -2.45. The molecule has 1 heterocycles. The van der Waals surface area contributed by atoms with Gasteiger partial charge in [-0.05, 0) is 12.8 Å². The molecule has 0 radical (unpaired) electrons. The minimum atomic E-state index is -1.36. The zero-order valence-corrected chi connectivity index (χ0v) is 6.50. The molecule has 1 unspecified atom stereocenters. The second kappa shape index (κ2) is 3.19. The molecule has 1 aliphatic rings. The molecule has 1 fully saturated rings. The predicted octanol–water partition coefficient (Wildman–Crippen LogP) is 0.614. The highest BCUT2D eigenvalue weighted by molar-refractivity contribution is 5.75. The molecule has 0 aromatic carbocycles. The van der Waals surface area contributed by atoms with Gasteiger partial charge in [0.05, 0.1) is 6.61 Å². The molecule has 0 spiro atoms. The number of hydrogen-bond acceptors (Lipinski definition) is 3. The summed E-state index contributed by atoms with van der Waals surface area (Å²) >= 11 is 0. The average molecular weight is 160 g/mol. The second-order valence-corrected chi connectivity index (χ2v) is 2.57. The van der Waals surface area contributed by atoms with E-state index in [9.17, 15) is 4.79 Å². The van der Waals surface area contributed by atoms with Gasteiger partial charge in [-0.1, -0.05) is 0 Å². The third-order valence-corrected chi connectivity index (χ3v) is 1.89.